The van der Waals surface area contributed by atoms with Crippen molar-refractivity contribution in [3.63, 3.8) is 0 Å². The summed E-state index contributed by atoms with van der Waals surface area (Å²) in [6.45, 7) is 3.34. The molecule has 190 valence electrons. The van der Waals surface area contributed by atoms with Gasteiger partial charge < -0.3 is 24.2 Å². The summed E-state index contributed by atoms with van der Waals surface area (Å²) in [6.07, 6.45) is 0.645. The van der Waals surface area contributed by atoms with E-state index < -0.39 is 0 Å². The zero-order valence-electron chi connectivity index (χ0n) is 20.6. The number of aromatic nitrogens is 2. The van der Waals surface area contributed by atoms with E-state index in [1.807, 2.05) is 41.3 Å². The Bertz CT molecular complexity index is 1160. The number of nitrogens with zero attached hydrogens (tertiary/aromatic N) is 4. The highest BCUT2D eigenvalue weighted by molar-refractivity contribution is 5.78. The number of hydrogen-bond acceptors (Lipinski definition) is 8. The fraction of sp³-hybridized carbons (Fsp3) is 0.385. The molecule has 2 aromatic carbocycles. The number of ether oxygens (including phenoxy) is 2. The lowest BCUT2D eigenvalue weighted by atomic mass is 10.2. The van der Waals surface area contributed by atoms with Gasteiger partial charge in [0.25, 0.3) is 0 Å². The van der Waals surface area contributed by atoms with Crippen LogP contribution in [0.2, 0.25) is 0 Å². The number of rotatable bonds is 10. The summed E-state index contributed by atoms with van der Waals surface area (Å²) in [6, 6.07) is 15.2. The number of carbonyl (C=O) groups is 2. The van der Waals surface area contributed by atoms with Crippen molar-refractivity contribution >= 4 is 11.8 Å². The molecule has 1 aromatic heterocycles. The maximum atomic E-state index is 12.7. The van der Waals surface area contributed by atoms with Crippen LogP contribution < -0.4 is 14.8 Å². The van der Waals surface area contributed by atoms with Crippen LogP contribution in [0.5, 0.6) is 11.5 Å². The van der Waals surface area contributed by atoms with E-state index in [1.165, 1.54) is 0 Å². The average molecular weight is 494 g/mol. The number of piperazine rings is 1. The zero-order valence-corrected chi connectivity index (χ0v) is 20.6. The van der Waals surface area contributed by atoms with Crippen molar-refractivity contribution in [1.29, 1.82) is 0 Å². The molecule has 0 saturated carbocycles. The average Bonchev–Trinajstić information content (AvgIpc) is 3.40. The molecule has 10 nitrogen and oxygen atoms in total. The molecule has 2 amide bonds. The second kappa shape index (κ2) is 12.2. The first-order chi connectivity index (χ1) is 17.6. The molecule has 1 N–H and O–H groups in total. The van der Waals surface area contributed by atoms with E-state index in [9.17, 15) is 9.59 Å². The largest absolute Gasteiger partial charge is 0.493 e. The second-order valence-electron chi connectivity index (χ2n) is 8.50. The van der Waals surface area contributed by atoms with Crippen molar-refractivity contribution in [1.82, 2.24) is 25.3 Å². The Balaban J connectivity index is 1.19. The van der Waals surface area contributed by atoms with Gasteiger partial charge in [0.2, 0.25) is 23.5 Å². The predicted octanol–water partition coefficient (Wildman–Crippen LogP) is 2.15. The lowest BCUT2D eigenvalue weighted by molar-refractivity contribution is -0.133. The molecule has 0 radical (unpaired) electrons. The molecule has 36 heavy (non-hydrogen) atoms. The first-order valence-electron chi connectivity index (χ1n) is 11.9. The summed E-state index contributed by atoms with van der Waals surface area (Å²) in [5.74, 6) is 2.04. The summed E-state index contributed by atoms with van der Waals surface area (Å²) in [5.41, 5.74) is 1.80. The smallest absolute Gasteiger partial charge is 0.234 e. The Morgan fingerprint density at radius 1 is 1.00 bits per heavy atom. The summed E-state index contributed by atoms with van der Waals surface area (Å²) >= 11 is 0. The molecule has 3 aromatic rings. The predicted molar refractivity (Wildman–Crippen MR) is 132 cm³/mol. The van der Waals surface area contributed by atoms with Crippen molar-refractivity contribution in [3.8, 4) is 22.9 Å². The Labute approximate surface area is 210 Å². The van der Waals surface area contributed by atoms with Crippen molar-refractivity contribution in [2.24, 2.45) is 0 Å². The van der Waals surface area contributed by atoms with Crippen molar-refractivity contribution in [3.05, 3.63) is 60.0 Å². The fourth-order valence-electron chi connectivity index (χ4n) is 4.03. The quantitative estimate of drug-likeness (QED) is 0.458. The van der Waals surface area contributed by atoms with Crippen molar-refractivity contribution in [2.75, 3.05) is 46.9 Å². The van der Waals surface area contributed by atoms with Crippen LogP contribution in [0.1, 0.15) is 17.9 Å². The van der Waals surface area contributed by atoms with Crippen LogP contribution >= 0.6 is 0 Å². The van der Waals surface area contributed by atoms with E-state index in [1.54, 1.807) is 26.4 Å². The van der Waals surface area contributed by atoms with Gasteiger partial charge in [-0.25, -0.2) is 0 Å². The minimum atomic E-state index is -0.0136. The molecule has 0 aliphatic carbocycles. The van der Waals surface area contributed by atoms with Gasteiger partial charge in [-0.2, -0.15) is 4.98 Å². The molecule has 0 atom stereocenters. The van der Waals surface area contributed by atoms with Crippen LogP contribution in [0.3, 0.4) is 0 Å². The molecule has 0 unspecified atom stereocenters. The SMILES string of the molecule is COc1ccc(-c2noc(CCC(=O)N3CCN(CC(=O)NCc4ccccc4)CC3)n2)cc1OC. The lowest BCUT2D eigenvalue weighted by Crippen LogP contribution is -2.51. The third-order valence-electron chi connectivity index (χ3n) is 6.09. The van der Waals surface area contributed by atoms with Gasteiger partial charge in [0.05, 0.1) is 20.8 Å². The van der Waals surface area contributed by atoms with Gasteiger partial charge >= 0.3 is 0 Å². The van der Waals surface area contributed by atoms with Crippen LogP contribution in [0.15, 0.2) is 53.1 Å². The van der Waals surface area contributed by atoms with E-state index in [0.29, 0.717) is 68.9 Å². The van der Waals surface area contributed by atoms with Crippen LogP contribution in [-0.2, 0) is 22.6 Å². The van der Waals surface area contributed by atoms with Crippen LogP contribution in [0.4, 0.5) is 0 Å². The normalized spacial score (nSPS) is 13.9. The number of carbonyl (C=O) groups excluding carboxylic acids is 2. The Morgan fingerprint density at radius 3 is 2.47 bits per heavy atom. The zero-order chi connectivity index (χ0) is 25.3. The molecule has 1 aliphatic rings. The summed E-state index contributed by atoms with van der Waals surface area (Å²) in [5, 5.41) is 6.97. The third-order valence-corrected chi connectivity index (χ3v) is 6.09. The van der Waals surface area contributed by atoms with Gasteiger partial charge in [0.1, 0.15) is 0 Å². The molecule has 1 fully saturated rings. The summed E-state index contributed by atoms with van der Waals surface area (Å²) < 4.78 is 15.9. The van der Waals surface area contributed by atoms with E-state index in [4.69, 9.17) is 14.0 Å². The molecule has 4 rings (SSSR count). The van der Waals surface area contributed by atoms with Gasteiger partial charge in [0, 0.05) is 51.1 Å². The highest BCUT2D eigenvalue weighted by Crippen LogP contribution is 2.31. The van der Waals surface area contributed by atoms with Crippen molar-refractivity contribution < 1.29 is 23.6 Å². The Kier molecular flexibility index (Phi) is 8.51. The maximum absolute atomic E-state index is 12.7. The van der Waals surface area contributed by atoms with Gasteiger partial charge in [-0.1, -0.05) is 35.5 Å². The van der Waals surface area contributed by atoms with Gasteiger partial charge in [-0.15, -0.1) is 0 Å². The minimum Gasteiger partial charge on any atom is -0.493 e. The number of benzene rings is 2. The second-order valence-corrected chi connectivity index (χ2v) is 8.50. The molecule has 1 saturated heterocycles. The van der Waals surface area contributed by atoms with E-state index >= 15 is 0 Å². The van der Waals surface area contributed by atoms with Crippen LogP contribution in [-0.4, -0.2) is 78.7 Å². The number of hydrogen-bond donors (Lipinski definition) is 1. The van der Waals surface area contributed by atoms with Gasteiger partial charge in [0.15, 0.2) is 11.5 Å². The van der Waals surface area contributed by atoms with Gasteiger partial charge in [-0.3, -0.25) is 14.5 Å². The molecule has 1 aliphatic heterocycles. The first-order valence-corrected chi connectivity index (χ1v) is 11.9. The van der Waals surface area contributed by atoms with Crippen LogP contribution in [0, 0.1) is 0 Å². The van der Waals surface area contributed by atoms with E-state index in [-0.39, 0.29) is 18.2 Å². The monoisotopic (exact) mass is 493 g/mol. The number of amides is 2. The summed E-state index contributed by atoms with van der Waals surface area (Å²) in [4.78, 5) is 33.3. The Hall–Kier alpha value is -3.92. The van der Waals surface area contributed by atoms with E-state index in [0.717, 1.165) is 11.1 Å². The number of aryl methyl sites for hydroxylation is 1. The van der Waals surface area contributed by atoms with Gasteiger partial charge in [-0.05, 0) is 23.8 Å². The summed E-state index contributed by atoms with van der Waals surface area (Å²) in [7, 11) is 3.14. The third kappa shape index (κ3) is 6.60. The first kappa shape index (κ1) is 25.2. The fourth-order valence-corrected chi connectivity index (χ4v) is 4.03. The molecule has 0 bridgehead atoms. The topological polar surface area (TPSA) is 110 Å². The van der Waals surface area contributed by atoms with Crippen molar-refractivity contribution in [2.45, 2.75) is 19.4 Å². The molecule has 10 heteroatoms. The number of nitrogens with one attached hydrogen (secondary N) is 1. The molecule has 0 spiro atoms. The highest BCUT2D eigenvalue weighted by Gasteiger charge is 2.23. The maximum Gasteiger partial charge on any atom is 0.234 e. The highest BCUT2D eigenvalue weighted by atomic mass is 16.5. The molecule has 2 heterocycles. The minimum absolute atomic E-state index is 0.0136. The Morgan fingerprint density at radius 2 is 1.75 bits per heavy atom. The number of methoxy groups -OCH3 is 2. The van der Waals surface area contributed by atoms with E-state index in [2.05, 4.69) is 20.4 Å². The van der Waals surface area contributed by atoms with Crippen LogP contribution in [0.25, 0.3) is 11.4 Å². The lowest BCUT2D eigenvalue weighted by Gasteiger charge is -2.34. The standard InChI is InChI=1S/C26H31N5O5/c1-34-21-9-8-20(16-22(21)35-2)26-28-24(36-29-26)10-11-25(33)31-14-12-30(13-15-31)18-23(32)27-17-19-6-4-3-5-7-19/h3-9,16H,10-15,17-18H2,1-2H3,(H,27,32). The molecular weight excluding hydrogens is 462 g/mol. The molecular formula is C26H31N5O5.